The van der Waals surface area contributed by atoms with Crippen molar-refractivity contribution in [3.63, 3.8) is 0 Å². The van der Waals surface area contributed by atoms with Crippen molar-refractivity contribution in [1.82, 2.24) is 0 Å². The average Bonchev–Trinajstić information content (AvgIpc) is 2.65. The minimum atomic E-state index is 0.185. The van der Waals surface area contributed by atoms with Gasteiger partial charge in [-0.15, -0.1) is 0 Å². The molecule has 132 valence electrons. The fraction of sp³-hybridized carbons (Fsp3) is 0.381. The molecule has 0 aromatic heterocycles. The lowest BCUT2D eigenvalue weighted by Crippen LogP contribution is -2.36. The lowest BCUT2D eigenvalue weighted by Gasteiger charge is -2.31. The Kier molecular flexibility index (Phi) is 5.27. The van der Waals surface area contributed by atoms with Gasteiger partial charge in [0.05, 0.1) is 14.2 Å². The van der Waals surface area contributed by atoms with Crippen LogP contribution in [0.4, 0.5) is 5.69 Å². The first kappa shape index (κ1) is 17.3. The van der Waals surface area contributed by atoms with E-state index >= 15 is 0 Å². The van der Waals surface area contributed by atoms with Crippen LogP contribution in [0.5, 0.6) is 11.5 Å². The van der Waals surface area contributed by atoms with E-state index in [9.17, 15) is 4.79 Å². The zero-order chi connectivity index (χ0) is 17.8. The second kappa shape index (κ2) is 7.60. The van der Waals surface area contributed by atoms with E-state index in [-0.39, 0.29) is 5.91 Å². The van der Waals surface area contributed by atoms with Gasteiger partial charge in [0.1, 0.15) is 0 Å². The summed E-state index contributed by atoms with van der Waals surface area (Å²) in [4.78, 5) is 14.8. The predicted octanol–water partition coefficient (Wildman–Crippen LogP) is 3.92. The highest BCUT2D eigenvalue weighted by Crippen LogP contribution is 2.32. The van der Waals surface area contributed by atoms with E-state index in [2.05, 4.69) is 25.1 Å². The van der Waals surface area contributed by atoms with Crippen LogP contribution in [0.15, 0.2) is 36.4 Å². The Balaban J connectivity index is 1.72. The second-order valence-corrected chi connectivity index (χ2v) is 6.42. The summed E-state index contributed by atoms with van der Waals surface area (Å²) in [6.07, 6.45) is 3.26. The number of aryl methyl sites for hydroxylation is 3. The number of ether oxygens (including phenoxy) is 2. The van der Waals surface area contributed by atoms with Crippen LogP contribution in [0.3, 0.4) is 0 Å². The molecule has 0 unspecified atom stereocenters. The molecule has 0 saturated carbocycles. The Morgan fingerprint density at radius 1 is 1.12 bits per heavy atom. The largest absolute Gasteiger partial charge is 0.493 e. The molecule has 1 aliphatic rings. The van der Waals surface area contributed by atoms with E-state index in [4.69, 9.17) is 9.47 Å². The number of hydrogen-bond acceptors (Lipinski definition) is 3. The Labute approximate surface area is 149 Å². The molecule has 2 aromatic carbocycles. The molecular weight excluding hydrogens is 314 g/mol. The van der Waals surface area contributed by atoms with Crippen molar-refractivity contribution in [2.24, 2.45) is 0 Å². The summed E-state index contributed by atoms with van der Waals surface area (Å²) in [6, 6.07) is 12.1. The maximum atomic E-state index is 12.8. The maximum absolute atomic E-state index is 12.8. The van der Waals surface area contributed by atoms with Crippen molar-refractivity contribution in [2.45, 2.75) is 32.6 Å². The molecule has 2 aromatic rings. The number of nitrogens with zero attached hydrogens (tertiary/aromatic N) is 1. The topological polar surface area (TPSA) is 38.8 Å². The normalized spacial score (nSPS) is 13.3. The Bertz CT molecular complexity index is 770. The van der Waals surface area contributed by atoms with Gasteiger partial charge in [-0.05, 0) is 55.0 Å². The number of amides is 1. The zero-order valence-corrected chi connectivity index (χ0v) is 15.2. The van der Waals surface area contributed by atoms with Gasteiger partial charge in [-0.2, -0.15) is 0 Å². The Hall–Kier alpha value is -2.49. The van der Waals surface area contributed by atoms with Crippen LogP contribution in [0.25, 0.3) is 0 Å². The van der Waals surface area contributed by atoms with Gasteiger partial charge in [-0.25, -0.2) is 0 Å². The van der Waals surface area contributed by atoms with Gasteiger partial charge in [0, 0.05) is 18.7 Å². The number of carbonyl (C=O) groups is 1. The molecule has 3 rings (SSSR count). The number of benzene rings is 2. The van der Waals surface area contributed by atoms with Crippen LogP contribution in [-0.2, 0) is 17.6 Å². The van der Waals surface area contributed by atoms with Crippen LogP contribution < -0.4 is 14.4 Å². The van der Waals surface area contributed by atoms with Gasteiger partial charge in [-0.1, -0.05) is 24.3 Å². The fourth-order valence-corrected chi connectivity index (χ4v) is 3.52. The van der Waals surface area contributed by atoms with E-state index in [1.807, 2.05) is 23.1 Å². The van der Waals surface area contributed by atoms with E-state index in [1.165, 1.54) is 11.1 Å². The van der Waals surface area contributed by atoms with E-state index in [1.54, 1.807) is 14.2 Å². The van der Waals surface area contributed by atoms with Gasteiger partial charge in [0.15, 0.2) is 11.5 Å². The zero-order valence-electron chi connectivity index (χ0n) is 15.2. The molecule has 0 saturated heterocycles. The number of fused-ring (bicyclic) bond motifs is 1. The molecule has 1 amide bonds. The van der Waals surface area contributed by atoms with Crippen molar-refractivity contribution >= 4 is 11.6 Å². The summed E-state index contributed by atoms with van der Waals surface area (Å²) in [7, 11) is 3.25. The average molecular weight is 339 g/mol. The van der Waals surface area contributed by atoms with Crippen LogP contribution >= 0.6 is 0 Å². The third-order valence-corrected chi connectivity index (χ3v) is 4.80. The van der Waals surface area contributed by atoms with E-state index in [0.29, 0.717) is 24.3 Å². The summed E-state index contributed by atoms with van der Waals surface area (Å²) >= 11 is 0. The van der Waals surface area contributed by atoms with Crippen molar-refractivity contribution in [3.8, 4) is 11.5 Å². The quantitative estimate of drug-likeness (QED) is 0.829. The lowest BCUT2D eigenvalue weighted by atomic mass is 9.97. The first-order valence-corrected chi connectivity index (χ1v) is 8.74. The van der Waals surface area contributed by atoms with Gasteiger partial charge in [0.25, 0.3) is 0 Å². The first-order chi connectivity index (χ1) is 12.1. The van der Waals surface area contributed by atoms with E-state index in [0.717, 1.165) is 30.6 Å². The lowest BCUT2D eigenvalue weighted by molar-refractivity contribution is -0.118. The molecule has 0 fully saturated rings. The SMILES string of the molecule is COc1ccc(CCC(=O)N2CCCc3cccc(C)c32)cc1OC. The summed E-state index contributed by atoms with van der Waals surface area (Å²) < 4.78 is 10.6. The predicted molar refractivity (Wildman–Crippen MR) is 99.7 cm³/mol. The van der Waals surface area contributed by atoms with Gasteiger partial charge in [-0.3, -0.25) is 4.79 Å². The highest BCUT2D eigenvalue weighted by Gasteiger charge is 2.23. The van der Waals surface area contributed by atoms with Crippen LogP contribution in [0.2, 0.25) is 0 Å². The molecule has 4 heteroatoms. The molecule has 25 heavy (non-hydrogen) atoms. The van der Waals surface area contributed by atoms with Crippen LogP contribution in [0.1, 0.15) is 29.5 Å². The molecule has 4 nitrogen and oxygen atoms in total. The van der Waals surface area contributed by atoms with Crippen LogP contribution in [0, 0.1) is 6.92 Å². The fourth-order valence-electron chi connectivity index (χ4n) is 3.52. The highest BCUT2D eigenvalue weighted by molar-refractivity contribution is 5.95. The van der Waals surface area contributed by atoms with Crippen molar-refractivity contribution in [2.75, 3.05) is 25.7 Å². The van der Waals surface area contributed by atoms with Gasteiger partial charge >= 0.3 is 0 Å². The molecule has 1 heterocycles. The molecular formula is C21H25NO3. The number of methoxy groups -OCH3 is 2. The molecule has 0 atom stereocenters. The maximum Gasteiger partial charge on any atom is 0.227 e. The van der Waals surface area contributed by atoms with Crippen molar-refractivity contribution < 1.29 is 14.3 Å². The monoisotopic (exact) mass is 339 g/mol. The molecule has 1 aliphatic heterocycles. The van der Waals surface area contributed by atoms with Crippen LogP contribution in [-0.4, -0.2) is 26.7 Å². The molecule has 0 radical (unpaired) electrons. The minimum Gasteiger partial charge on any atom is -0.493 e. The first-order valence-electron chi connectivity index (χ1n) is 8.74. The number of rotatable bonds is 5. The third-order valence-electron chi connectivity index (χ3n) is 4.80. The van der Waals surface area contributed by atoms with E-state index < -0.39 is 0 Å². The minimum absolute atomic E-state index is 0.185. The van der Waals surface area contributed by atoms with Gasteiger partial charge in [0.2, 0.25) is 5.91 Å². The highest BCUT2D eigenvalue weighted by atomic mass is 16.5. The summed E-state index contributed by atoms with van der Waals surface area (Å²) in [5, 5.41) is 0. The Morgan fingerprint density at radius 3 is 2.68 bits per heavy atom. The number of carbonyl (C=O) groups excluding carboxylic acids is 1. The second-order valence-electron chi connectivity index (χ2n) is 6.42. The number of para-hydroxylation sites is 1. The molecule has 0 aliphatic carbocycles. The summed E-state index contributed by atoms with van der Waals surface area (Å²) in [5.74, 6) is 1.59. The number of hydrogen-bond donors (Lipinski definition) is 0. The molecule has 0 N–H and O–H groups in total. The van der Waals surface area contributed by atoms with Crippen molar-refractivity contribution in [1.29, 1.82) is 0 Å². The third kappa shape index (κ3) is 3.63. The summed E-state index contributed by atoms with van der Waals surface area (Å²) in [5.41, 5.74) is 4.65. The summed E-state index contributed by atoms with van der Waals surface area (Å²) in [6.45, 7) is 2.89. The number of anilines is 1. The van der Waals surface area contributed by atoms with Gasteiger partial charge < -0.3 is 14.4 Å². The standard InChI is InChI=1S/C21H25NO3/c1-15-6-4-7-17-8-5-13-22(21(15)17)20(23)12-10-16-9-11-18(24-2)19(14-16)25-3/h4,6-7,9,11,14H,5,8,10,12-13H2,1-3H3. The van der Waals surface area contributed by atoms with Crippen molar-refractivity contribution in [3.05, 3.63) is 53.1 Å². The molecule has 0 spiro atoms. The smallest absolute Gasteiger partial charge is 0.227 e. The molecule has 0 bridgehead atoms. The Morgan fingerprint density at radius 2 is 1.92 bits per heavy atom.